The molecule has 8 nitrogen and oxygen atoms in total. The Morgan fingerprint density at radius 1 is 1.32 bits per heavy atom. The van der Waals surface area contributed by atoms with E-state index in [0.717, 1.165) is 44.0 Å². The zero-order valence-electron chi connectivity index (χ0n) is 19.4. The number of hydrogen-bond acceptors (Lipinski definition) is 5. The van der Waals surface area contributed by atoms with Gasteiger partial charge in [0.2, 0.25) is 5.91 Å². The van der Waals surface area contributed by atoms with Crippen LogP contribution in [0.2, 0.25) is 0 Å². The summed E-state index contributed by atoms with van der Waals surface area (Å²) in [7, 11) is 7.38. The zero-order valence-corrected chi connectivity index (χ0v) is 21.7. The predicted molar refractivity (Wildman–Crippen MR) is 135 cm³/mol. The molecule has 1 aliphatic rings. The second-order valence-electron chi connectivity index (χ2n) is 7.91. The van der Waals surface area contributed by atoms with Gasteiger partial charge in [-0.25, -0.2) is 0 Å². The Morgan fingerprint density at radius 2 is 2.03 bits per heavy atom. The molecule has 0 bridgehead atoms. The molecule has 1 aromatic rings. The number of benzene rings is 1. The summed E-state index contributed by atoms with van der Waals surface area (Å²) in [5.74, 6) is 2.37. The molecule has 0 saturated carbocycles. The molecule has 176 valence electrons. The number of likely N-dealkylation sites (tertiary alicyclic amines) is 1. The topological polar surface area (TPSA) is 92.4 Å². The number of methoxy groups -OCH3 is 2. The van der Waals surface area contributed by atoms with Crippen LogP contribution in [0, 0.1) is 5.92 Å². The van der Waals surface area contributed by atoms with Crippen molar-refractivity contribution in [1.82, 2.24) is 15.1 Å². The lowest BCUT2D eigenvalue weighted by molar-refractivity contribution is -0.119. The van der Waals surface area contributed by atoms with E-state index in [1.54, 1.807) is 14.2 Å². The molecule has 0 aromatic heterocycles. The summed E-state index contributed by atoms with van der Waals surface area (Å²) in [6.07, 6.45) is 2.50. The first-order valence-electron chi connectivity index (χ1n) is 10.6. The van der Waals surface area contributed by atoms with Crippen LogP contribution in [-0.2, 0) is 4.79 Å². The van der Waals surface area contributed by atoms with Crippen LogP contribution in [0.5, 0.6) is 11.5 Å². The van der Waals surface area contributed by atoms with Gasteiger partial charge in [0.25, 0.3) is 0 Å². The lowest BCUT2D eigenvalue weighted by Gasteiger charge is -2.35. The largest absolute Gasteiger partial charge is 0.493 e. The first-order chi connectivity index (χ1) is 14.4. The molecule has 2 atom stereocenters. The zero-order chi connectivity index (χ0) is 22.1. The normalized spacial score (nSPS) is 17.7. The van der Waals surface area contributed by atoms with E-state index in [9.17, 15) is 4.79 Å². The minimum Gasteiger partial charge on any atom is -0.493 e. The molecule has 9 heteroatoms. The number of likely N-dealkylation sites (N-methyl/N-ethyl adjacent to an activating group) is 1. The molecule has 1 aliphatic heterocycles. The van der Waals surface area contributed by atoms with Crippen molar-refractivity contribution >= 4 is 35.8 Å². The van der Waals surface area contributed by atoms with Gasteiger partial charge < -0.3 is 30.3 Å². The van der Waals surface area contributed by atoms with Gasteiger partial charge in [0, 0.05) is 26.1 Å². The Bertz CT molecular complexity index is 729. The van der Waals surface area contributed by atoms with Crippen molar-refractivity contribution < 1.29 is 14.3 Å². The van der Waals surface area contributed by atoms with Crippen molar-refractivity contribution in [3.63, 3.8) is 0 Å². The van der Waals surface area contributed by atoms with Crippen molar-refractivity contribution in [1.29, 1.82) is 0 Å². The lowest BCUT2D eigenvalue weighted by atomic mass is 9.95. The van der Waals surface area contributed by atoms with Crippen LogP contribution < -0.4 is 20.5 Å². The Hall–Kier alpha value is -1.75. The number of nitrogens with two attached hydrogens (primary N) is 1. The van der Waals surface area contributed by atoms with Crippen LogP contribution in [0.1, 0.15) is 37.8 Å². The fourth-order valence-corrected chi connectivity index (χ4v) is 3.93. The van der Waals surface area contributed by atoms with Crippen LogP contribution in [0.15, 0.2) is 23.2 Å². The van der Waals surface area contributed by atoms with E-state index in [1.165, 1.54) is 0 Å². The molecule has 1 amide bonds. The third-order valence-corrected chi connectivity index (χ3v) is 5.47. The van der Waals surface area contributed by atoms with Crippen LogP contribution >= 0.6 is 24.0 Å². The molecular weight excluding hydrogens is 509 g/mol. The Balaban J connectivity index is 0.00000480. The molecular formula is C22H38IN5O3. The highest BCUT2D eigenvalue weighted by Gasteiger charge is 2.24. The van der Waals surface area contributed by atoms with E-state index >= 15 is 0 Å². The average molecular weight is 547 g/mol. The summed E-state index contributed by atoms with van der Waals surface area (Å²) in [6, 6.07) is 6.08. The van der Waals surface area contributed by atoms with Crippen LogP contribution in [-0.4, -0.2) is 76.2 Å². The molecule has 0 radical (unpaired) electrons. The SMILES string of the molecule is CCNC(=NCC(c1ccc(OC)c(OC)c1)N(C)C)N1CCCC(CC(N)=O)C1.I. The molecule has 2 rings (SSSR count). The number of nitrogens with one attached hydrogen (secondary N) is 1. The summed E-state index contributed by atoms with van der Waals surface area (Å²) in [5.41, 5.74) is 6.53. The second kappa shape index (κ2) is 13.6. The minimum absolute atomic E-state index is 0. The molecule has 3 N–H and O–H groups in total. The number of amides is 1. The molecule has 1 aromatic carbocycles. The number of carbonyl (C=O) groups excluding carboxylic acids is 1. The molecule has 1 fully saturated rings. The monoisotopic (exact) mass is 547 g/mol. The van der Waals surface area contributed by atoms with Gasteiger partial charge in [-0.1, -0.05) is 6.07 Å². The number of carbonyl (C=O) groups is 1. The minimum atomic E-state index is -0.232. The first kappa shape index (κ1) is 27.3. The van der Waals surface area contributed by atoms with Crippen molar-refractivity contribution in [2.24, 2.45) is 16.6 Å². The standard InChI is InChI=1S/C22H37N5O3.HI/c1-6-24-22(27-11-7-8-16(15-27)12-21(23)28)25-14-18(26(2)3)17-9-10-19(29-4)20(13-17)30-5;/h9-10,13,16,18H,6-8,11-12,14-15H2,1-5H3,(H2,23,28)(H,24,25);1H. The first-order valence-corrected chi connectivity index (χ1v) is 10.6. The molecule has 0 spiro atoms. The van der Waals surface area contributed by atoms with Crippen molar-refractivity contribution in [2.45, 2.75) is 32.2 Å². The number of guanidine groups is 1. The van der Waals surface area contributed by atoms with Gasteiger partial charge in [-0.05, 0) is 57.5 Å². The Kier molecular flexibility index (Phi) is 12.0. The molecule has 31 heavy (non-hydrogen) atoms. The summed E-state index contributed by atoms with van der Waals surface area (Å²) in [4.78, 5) is 20.7. The van der Waals surface area contributed by atoms with Gasteiger partial charge in [0.15, 0.2) is 17.5 Å². The average Bonchev–Trinajstić information content (AvgIpc) is 2.72. The summed E-state index contributed by atoms with van der Waals surface area (Å²) in [6.45, 7) is 5.20. The highest BCUT2D eigenvalue weighted by Crippen LogP contribution is 2.31. The summed E-state index contributed by atoms with van der Waals surface area (Å²) >= 11 is 0. The van der Waals surface area contributed by atoms with E-state index in [1.807, 2.05) is 26.2 Å². The van der Waals surface area contributed by atoms with Crippen LogP contribution in [0.4, 0.5) is 0 Å². The number of halogens is 1. The molecule has 1 saturated heterocycles. The van der Waals surface area contributed by atoms with E-state index in [4.69, 9.17) is 20.2 Å². The van der Waals surface area contributed by atoms with E-state index in [-0.39, 0.29) is 41.8 Å². The number of aliphatic imine (C=N–C) groups is 1. The number of nitrogens with zero attached hydrogens (tertiary/aromatic N) is 3. The summed E-state index contributed by atoms with van der Waals surface area (Å²) < 4.78 is 10.8. The van der Waals surface area contributed by atoms with E-state index in [0.29, 0.717) is 24.5 Å². The maximum atomic E-state index is 11.3. The summed E-state index contributed by atoms with van der Waals surface area (Å²) in [5, 5.41) is 3.41. The Labute approximate surface area is 203 Å². The third kappa shape index (κ3) is 8.03. The van der Waals surface area contributed by atoms with Crippen LogP contribution in [0.25, 0.3) is 0 Å². The van der Waals surface area contributed by atoms with Gasteiger partial charge in [0.1, 0.15) is 0 Å². The van der Waals surface area contributed by atoms with Crippen molar-refractivity contribution in [3.05, 3.63) is 23.8 Å². The number of hydrogen-bond donors (Lipinski definition) is 2. The van der Waals surface area contributed by atoms with E-state index in [2.05, 4.69) is 28.1 Å². The van der Waals surface area contributed by atoms with Gasteiger partial charge in [-0.15, -0.1) is 24.0 Å². The lowest BCUT2D eigenvalue weighted by Crippen LogP contribution is -2.47. The predicted octanol–water partition coefficient (Wildman–Crippen LogP) is 2.48. The highest BCUT2D eigenvalue weighted by atomic mass is 127. The third-order valence-electron chi connectivity index (χ3n) is 5.47. The molecule has 1 heterocycles. The smallest absolute Gasteiger partial charge is 0.217 e. The van der Waals surface area contributed by atoms with Gasteiger partial charge >= 0.3 is 0 Å². The molecule has 0 aliphatic carbocycles. The maximum Gasteiger partial charge on any atom is 0.217 e. The van der Waals surface area contributed by atoms with Crippen molar-refractivity contribution in [2.75, 3.05) is 54.5 Å². The maximum absolute atomic E-state index is 11.3. The highest BCUT2D eigenvalue weighted by molar-refractivity contribution is 14.0. The number of primary amides is 1. The second-order valence-corrected chi connectivity index (χ2v) is 7.91. The van der Waals surface area contributed by atoms with Gasteiger partial charge in [-0.3, -0.25) is 9.79 Å². The fourth-order valence-electron chi connectivity index (χ4n) is 3.93. The number of rotatable bonds is 9. The van der Waals surface area contributed by atoms with E-state index < -0.39 is 0 Å². The number of piperidine rings is 1. The van der Waals surface area contributed by atoms with Crippen LogP contribution in [0.3, 0.4) is 0 Å². The quantitative estimate of drug-likeness (QED) is 0.281. The van der Waals surface area contributed by atoms with Gasteiger partial charge in [-0.2, -0.15) is 0 Å². The molecule has 2 unspecified atom stereocenters. The fraction of sp³-hybridized carbons (Fsp3) is 0.636. The van der Waals surface area contributed by atoms with Crippen molar-refractivity contribution in [3.8, 4) is 11.5 Å². The number of ether oxygens (including phenoxy) is 2. The Morgan fingerprint density at radius 3 is 2.61 bits per heavy atom. The van der Waals surface area contributed by atoms with Gasteiger partial charge in [0.05, 0.1) is 26.8 Å².